The van der Waals surface area contributed by atoms with Crippen molar-refractivity contribution < 1.29 is 28.6 Å². The highest BCUT2D eigenvalue weighted by molar-refractivity contribution is 7.51. The van der Waals surface area contributed by atoms with Crippen LogP contribution < -0.4 is 10.5 Å². The number of fused-ring (bicyclic) bond motifs is 3. The van der Waals surface area contributed by atoms with Crippen LogP contribution in [0.3, 0.4) is 0 Å². The van der Waals surface area contributed by atoms with Crippen molar-refractivity contribution in [2.75, 3.05) is 31.7 Å². The number of nitrogens with two attached hydrogens (primary N) is 1. The molecule has 0 atom stereocenters. The first kappa shape index (κ1) is 28.6. The summed E-state index contributed by atoms with van der Waals surface area (Å²) in [7, 11) is -4.03. The van der Waals surface area contributed by atoms with Crippen LogP contribution in [0.1, 0.15) is 35.6 Å². The average molecular weight is 552 g/mol. The summed E-state index contributed by atoms with van der Waals surface area (Å²) < 4.78 is 21.8. The van der Waals surface area contributed by atoms with E-state index in [0.29, 0.717) is 30.8 Å². The fourth-order valence-corrected chi connectivity index (χ4v) is 4.80. The SMILES string of the molecule is CC(=O)CCc1ccc2c(c1)nc(N)c1ncc(CCc3ccc(OCCOCCP(=O)(O)O)cc3C)cc12. The molecule has 39 heavy (non-hydrogen) atoms. The Labute approximate surface area is 227 Å². The van der Waals surface area contributed by atoms with Gasteiger partial charge in [0.25, 0.3) is 0 Å². The molecule has 0 saturated heterocycles. The minimum Gasteiger partial charge on any atom is -0.491 e. The van der Waals surface area contributed by atoms with E-state index in [0.717, 1.165) is 51.6 Å². The molecule has 206 valence electrons. The number of anilines is 1. The molecular formula is C29H34N3O6P. The second kappa shape index (κ2) is 12.7. The molecule has 2 aromatic carbocycles. The van der Waals surface area contributed by atoms with Crippen molar-refractivity contribution in [3.63, 3.8) is 0 Å². The molecule has 4 aromatic rings. The maximum absolute atomic E-state index is 11.4. The predicted molar refractivity (Wildman–Crippen MR) is 152 cm³/mol. The number of hydrogen-bond donors (Lipinski definition) is 3. The number of carbonyl (C=O) groups is 1. The van der Waals surface area contributed by atoms with Crippen LogP contribution in [-0.4, -0.2) is 51.5 Å². The second-order valence-electron chi connectivity index (χ2n) is 9.73. The van der Waals surface area contributed by atoms with E-state index < -0.39 is 7.60 Å². The number of nitrogen functional groups attached to an aromatic ring is 1. The Bertz CT molecular complexity index is 1540. The minimum absolute atomic E-state index is 0.00368. The highest BCUT2D eigenvalue weighted by Gasteiger charge is 2.12. The van der Waals surface area contributed by atoms with Crippen molar-refractivity contribution in [3.8, 4) is 5.75 Å². The van der Waals surface area contributed by atoms with Crippen LogP contribution in [-0.2, 0) is 33.4 Å². The normalized spacial score (nSPS) is 11.8. The molecule has 0 amide bonds. The van der Waals surface area contributed by atoms with Crippen LogP contribution in [0.25, 0.3) is 21.8 Å². The lowest BCUT2D eigenvalue weighted by molar-refractivity contribution is -0.116. The second-order valence-corrected chi connectivity index (χ2v) is 11.5. The zero-order valence-electron chi connectivity index (χ0n) is 22.2. The van der Waals surface area contributed by atoms with Gasteiger partial charge >= 0.3 is 7.60 Å². The Morgan fingerprint density at radius 1 is 0.974 bits per heavy atom. The maximum Gasteiger partial charge on any atom is 0.327 e. The van der Waals surface area contributed by atoms with E-state index in [1.165, 1.54) is 5.56 Å². The number of rotatable bonds is 13. The molecule has 0 fully saturated rings. The van der Waals surface area contributed by atoms with E-state index in [4.69, 9.17) is 25.0 Å². The molecule has 9 nitrogen and oxygen atoms in total. The Balaban J connectivity index is 1.40. The topological polar surface area (TPSA) is 145 Å². The zero-order chi connectivity index (χ0) is 28.0. The average Bonchev–Trinajstić information content (AvgIpc) is 2.88. The lowest BCUT2D eigenvalue weighted by atomic mass is 9.99. The smallest absolute Gasteiger partial charge is 0.327 e. The summed E-state index contributed by atoms with van der Waals surface area (Å²) in [6.07, 6.45) is 4.38. The summed E-state index contributed by atoms with van der Waals surface area (Å²) in [5, 5.41) is 1.96. The highest BCUT2D eigenvalue weighted by Crippen LogP contribution is 2.33. The van der Waals surface area contributed by atoms with Crippen molar-refractivity contribution in [1.82, 2.24) is 9.97 Å². The largest absolute Gasteiger partial charge is 0.491 e. The molecule has 0 spiro atoms. The molecule has 0 saturated carbocycles. The maximum atomic E-state index is 11.4. The fraction of sp³-hybridized carbons (Fsp3) is 0.345. The lowest BCUT2D eigenvalue weighted by Gasteiger charge is -2.12. The van der Waals surface area contributed by atoms with Gasteiger partial charge in [0.2, 0.25) is 0 Å². The molecule has 0 radical (unpaired) electrons. The van der Waals surface area contributed by atoms with E-state index in [2.05, 4.69) is 16.0 Å². The highest BCUT2D eigenvalue weighted by atomic mass is 31.2. The van der Waals surface area contributed by atoms with Gasteiger partial charge in [-0.1, -0.05) is 18.2 Å². The fourth-order valence-electron chi connectivity index (χ4n) is 4.43. The number of benzene rings is 2. The summed E-state index contributed by atoms with van der Waals surface area (Å²) in [4.78, 5) is 38.2. The van der Waals surface area contributed by atoms with Gasteiger partial charge in [-0.25, -0.2) is 4.98 Å². The summed E-state index contributed by atoms with van der Waals surface area (Å²) in [5.74, 6) is 1.28. The van der Waals surface area contributed by atoms with Crippen LogP contribution in [0.2, 0.25) is 0 Å². The van der Waals surface area contributed by atoms with Crippen molar-refractivity contribution >= 4 is 41.0 Å². The number of Topliss-reactive ketones (excluding diaryl/α,β-unsaturated/α-hetero) is 1. The first-order chi connectivity index (χ1) is 18.6. The van der Waals surface area contributed by atoms with Crippen molar-refractivity contribution in [1.29, 1.82) is 0 Å². The number of hydrogen-bond acceptors (Lipinski definition) is 7. The van der Waals surface area contributed by atoms with Gasteiger partial charge in [-0.15, -0.1) is 0 Å². The van der Waals surface area contributed by atoms with E-state index >= 15 is 0 Å². The lowest BCUT2D eigenvalue weighted by Crippen LogP contribution is -2.09. The first-order valence-corrected chi connectivity index (χ1v) is 14.7. The molecule has 2 heterocycles. The van der Waals surface area contributed by atoms with Gasteiger partial charge in [0.15, 0.2) is 5.82 Å². The third-order valence-corrected chi connectivity index (χ3v) is 7.33. The first-order valence-electron chi connectivity index (χ1n) is 12.9. The number of carbonyl (C=O) groups excluding carboxylic acids is 1. The zero-order valence-corrected chi connectivity index (χ0v) is 23.1. The predicted octanol–water partition coefficient (Wildman–Crippen LogP) is 4.55. The van der Waals surface area contributed by atoms with Crippen molar-refractivity contribution in [2.24, 2.45) is 0 Å². The molecule has 0 aliphatic carbocycles. The van der Waals surface area contributed by atoms with Crippen molar-refractivity contribution in [3.05, 3.63) is 70.9 Å². The van der Waals surface area contributed by atoms with Crippen LogP contribution in [0.15, 0.2) is 48.7 Å². The van der Waals surface area contributed by atoms with Gasteiger partial charge in [-0.3, -0.25) is 9.55 Å². The summed E-state index contributed by atoms with van der Waals surface area (Å²) in [6.45, 7) is 4.19. The number of aromatic nitrogens is 2. The van der Waals surface area contributed by atoms with Gasteiger partial charge in [-0.2, -0.15) is 0 Å². The van der Waals surface area contributed by atoms with E-state index in [1.54, 1.807) is 6.92 Å². The molecule has 2 aromatic heterocycles. The standard InChI is InChI=1S/C29H34N3O6P/c1-19-15-24(38-12-11-37-13-14-39(34,35)36)9-8-23(19)7-5-22-16-26-25-10-6-21(4-3-20(2)33)17-27(25)32-29(30)28(26)31-18-22/h6,8-10,15-18H,3-5,7,11-14H2,1-2H3,(H2,30,32)(H2,34,35,36). The van der Waals surface area contributed by atoms with Crippen LogP contribution in [0.4, 0.5) is 5.82 Å². The van der Waals surface area contributed by atoms with E-state index in [9.17, 15) is 9.36 Å². The quantitative estimate of drug-likeness (QED) is 0.124. The van der Waals surface area contributed by atoms with Crippen LogP contribution >= 0.6 is 7.60 Å². The molecule has 0 bridgehead atoms. The minimum atomic E-state index is -4.03. The molecule has 0 aliphatic rings. The monoisotopic (exact) mass is 551 g/mol. The van der Waals surface area contributed by atoms with Gasteiger partial charge in [-0.05, 0) is 79.6 Å². The van der Waals surface area contributed by atoms with Crippen LogP contribution in [0.5, 0.6) is 5.75 Å². The number of ether oxygens (including phenoxy) is 2. The summed E-state index contributed by atoms with van der Waals surface area (Å²) in [5.41, 5.74) is 12.2. The number of ketones is 1. The summed E-state index contributed by atoms with van der Waals surface area (Å²) >= 11 is 0. The molecule has 4 rings (SSSR count). The van der Waals surface area contributed by atoms with Gasteiger partial charge in [0.1, 0.15) is 23.7 Å². The molecule has 0 unspecified atom stereocenters. The molecular weight excluding hydrogens is 517 g/mol. The van der Waals surface area contributed by atoms with E-state index in [1.807, 2.05) is 49.5 Å². The van der Waals surface area contributed by atoms with Gasteiger partial charge in [0, 0.05) is 23.4 Å². The van der Waals surface area contributed by atoms with Crippen LogP contribution in [0, 0.1) is 6.92 Å². The Morgan fingerprint density at radius 2 is 1.79 bits per heavy atom. The van der Waals surface area contributed by atoms with Gasteiger partial charge in [0.05, 0.1) is 24.9 Å². The third-order valence-electron chi connectivity index (χ3n) is 6.57. The molecule has 0 aliphatic heterocycles. The van der Waals surface area contributed by atoms with Crippen molar-refractivity contribution in [2.45, 2.75) is 39.5 Å². The molecule has 4 N–H and O–H groups in total. The van der Waals surface area contributed by atoms with Gasteiger partial charge < -0.3 is 29.8 Å². The van der Waals surface area contributed by atoms with E-state index in [-0.39, 0.29) is 25.2 Å². The molecule has 10 heteroatoms. The number of pyridine rings is 2. The number of nitrogens with zero attached hydrogens (tertiary/aromatic N) is 2. The number of aryl methyl sites for hydroxylation is 4. The third kappa shape index (κ3) is 8.07. The Hall–Kier alpha value is -3.36. The Morgan fingerprint density at radius 3 is 2.54 bits per heavy atom. The summed E-state index contributed by atoms with van der Waals surface area (Å²) in [6, 6.07) is 14.2. The Kier molecular flexibility index (Phi) is 9.30.